The summed E-state index contributed by atoms with van der Waals surface area (Å²) in [7, 11) is 0. The van der Waals surface area contributed by atoms with Crippen LogP contribution in [0.2, 0.25) is 0 Å². The van der Waals surface area contributed by atoms with Crippen molar-refractivity contribution in [3.8, 4) is 5.75 Å². The number of thiophene rings is 1. The number of aromatic carboxylic acids is 1. The van der Waals surface area contributed by atoms with Gasteiger partial charge in [0, 0.05) is 10.4 Å². The van der Waals surface area contributed by atoms with Gasteiger partial charge in [-0.2, -0.15) is 0 Å². The maximum absolute atomic E-state index is 11.0. The first-order valence-corrected chi connectivity index (χ1v) is 7.65. The standard InChI is InChI=1S/C17H20O3S/c1-11-12(8-15(21-11)16(18)19)10-20-14-7-5-6-13(9-14)17(2,3)4/h5-9H,10H2,1-4H3,(H,18,19). The second kappa shape index (κ2) is 5.90. The molecule has 0 bridgehead atoms. The first-order valence-electron chi connectivity index (χ1n) is 6.83. The van der Waals surface area contributed by atoms with Crippen LogP contribution in [0.5, 0.6) is 5.75 Å². The minimum Gasteiger partial charge on any atom is -0.489 e. The first kappa shape index (κ1) is 15.6. The quantitative estimate of drug-likeness (QED) is 0.895. The maximum atomic E-state index is 11.0. The molecule has 0 radical (unpaired) electrons. The van der Waals surface area contributed by atoms with E-state index in [1.807, 2.05) is 25.1 Å². The van der Waals surface area contributed by atoms with E-state index in [0.29, 0.717) is 11.5 Å². The summed E-state index contributed by atoms with van der Waals surface area (Å²) in [5, 5.41) is 9.00. The molecule has 0 atom stereocenters. The molecule has 1 heterocycles. The Balaban J connectivity index is 2.12. The highest BCUT2D eigenvalue weighted by Crippen LogP contribution is 2.27. The van der Waals surface area contributed by atoms with Gasteiger partial charge >= 0.3 is 5.97 Å². The molecule has 0 aliphatic heterocycles. The third-order valence-electron chi connectivity index (χ3n) is 3.33. The fourth-order valence-electron chi connectivity index (χ4n) is 1.98. The lowest BCUT2D eigenvalue weighted by molar-refractivity contribution is 0.0702. The minimum atomic E-state index is -0.885. The average molecular weight is 304 g/mol. The molecule has 0 spiro atoms. The van der Waals surface area contributed by atoms with Gasteiger partial charge in [0.2, 0.25) is 0 Å². The van der Waals surface area contributed by atoms with Gasteiger partial charge in [-0.1, -0.05) is 32.9 Å². The van der Waals surface area contributed by atoms with E-state index in [9.17, 15) is 4.79 Å². The van der Waals surface area contributed by atoms with Crippen molar-refractivity contribution in [1.29, 1.82) is 0 Å². The molecular weight excluding hydrogens is 284 g/mol. The predicted octanol–water partition coefficient (Wildman–Crippen LogP) is 4.63. The number of carboxylic acids is 1. The molecule has 1 N–H and O–H groups in total. The van der Waals surface area contributed by atoms with E-state index in [-0.39, 0.29) is 5.41 Å². The highest BCUT2D eigenvalue weighted by molar-refractivity contribution is 7.14. The van der Waals surface area contributed by atoms with Crippen LogP contribution >= 0.6 is 11.3 Å². The second-order valence-electron chi connectivity index (χ2n) is 6.06. The van der Waals surface area contributed by atoms with Gasteiger partial charge in [-0.25, -0.2) is 4.79 Å². The largest absolute Gasteiger partial charge is 0.489 e. The highest BCUT2D eigenvalue weighted by Gasteiger charge is 2.15. The van der Waals surface area contributed by atoms with Crippen LogP contribution in [-0.4, -0.2) is 11.1 Å². The zero-order valence-electron chi connectivity index (χ0n) is 12.8. The Morgan fingerprint density at radius 2 is 2.00 bits per heavy atom. The van der Waals surface area contributed by atoms with Crippen molar-refractivity contribution in [2.75, 3.05) is 0 Å². The van der Waals surface area contributed by atoms with Crippen LogP contribution in [0.1, 0.15) is 46.4 Å². The fourth-order valence-corrected chi connectivity index (χ4v) is 2.85. The summed E-state index contributed by atoms with van der Waals surface area (Å²) in [4.78, 5) is 12.3. The average Bonchev–Trinajstić information content (AvgIpc) is 2.77. The van der Waals surface area contributed by atoms with Crippen molar-refractivity contribution in [2.45, 2.75) is 39.7 Å². The number of aryl methyl sites for hydroxylation is 1. The van der Waals surface area contributed by atoms with Gasteiger partial charge in [-0.3, -0.25) is 0 Å². The van der Waals surface area contributed by atoms with Crippen molar-refractivity contribution in [3.63, 3.8) is 0 Å². The Morgan fingerprint density at radius 3 is 2.57 bits per heavy atom. The highest BCUT2D eigenvalue weighted by atomic mass is 32.1. The SMILES string of the molecule is Cc1sc(C(=O)O)cc1COc1cccc(C(C)(C)C)c1. The molecule has 0 amide bonds. The summed E-state index contributed by atoms with van der Waals surface area (Å²) >= 11 is 1.29. The van der Waals surface area contributed by atoms with E-state index < -0.39 is 5.97 Å². The molecule has 21 heavy (non-hydrogen) atoms. The van der Waals surface area contributed by atoms with Crippen molar-refractivity contribution in [3.05, 3.63) is 51.2 Å². The molecule has 112 valence electrons. The van der Waals surface area contributed by atoms with Crippen LogP contribution in [0.3, 0.4) is 0 Å². The summed E-state index contributed by atoms with van der Waals surface area (Å²) in [6.07, 6.45) is 0. The van der Waals surface area contributed by atoms with Crippen LogP contribution in [0, 0.1) is 6.92 Å². The van der Waals surface area contributed by atoms with Gasteiger partial charge in [0.1, 0.15) is 17.2 Å². The predicted molar refractivity (Wildman–Crippen MR) is 85.5 cm³/mol. The van der Waals surface area contributed by atoms with Gasteiger partial charge < -0.3 is 9.84 Å². The molecule has 1 aromatic carbocycles. The lowest BCUT2D eigenvalue weighted by Crippen LogP contribution is -2.10. The zero-order valence-corrected chi connectivity index (χ0v) is 13.6. The Morgan fingerprint density at radius 1 is 1.29 bits per heavy atom. The number of hydrogen-bond donors (Lipinski definition) is 1. The summed E-state index contributed by atoms with van der Waals surface area (Å²) in [5.41, 5.74) is 2.22. The summed E-state index contributed by atoms with van der Waals surface area (Å²) in [5.74, 6) is -0.0750. The second-order valence-corrected chi connectivity index (χ2v) is 7.32. The van der Waals surface area contributed by atoms with Crippen LogP contribution < -0.4 is 4.74 Å². The summed E-state index contributed by atoms with van der Waals surface area (Å²) < 4.78 is 5.82. The van der Waals surface area contributed by atoms with Crippen LogP contribution in [0.4, 0.5) is 0 Å². The van der Waals surface area contributed by atoms with Gasteiger partial charge in [0.25, 0.3) is 0 Å². The molecule has 0 saturated heterocycles. The molecule has 4 heteroatoms. The van der Waals surface area contributed by atoms with Crippen molar-refractivity contribution in [2.24, 2.45) is 0 Å². The zero-order chi connectivity index (χ0) is 15.6. The third kappa shape index (κ3) is 3.85. The van der Waals surface area contributed by atoms with Crippen LogP contribution in [-0.2, 0) is 12.0 Å². The van der Waals surface area contributed by atoms with Crippen molar-refractivity contribution in [1.82, 2.24) is 0 Å². The van der Waals surface area contributed by atoms with Crippen molar-refractivity contribution < 1.29 is 14.6 Å². The molecule has 2 aromatic rings. The third-order valence-corrected chi connectivity index (χ3v) is 4.41. The topological polar surface area (TPSA) is 46.5 Å². The van der Waals surface area contributed by atoms with Crippen molar-refractivity contribution >= 4 is 17.3 Å². The molecule has 0 aliphatic carbocycles. The molecule has 0 aliphatic rings. The molecule has 3 nitrogen and oxygen atoms in total. The number of benzene rings is 1. The summed E-state index contributed by atoms with van der Waals surface area (Å²) in [6, 6.07) is 9.73. The molecule has 0 saturated carbocycles. The Bertz CT molecular complexity index is 650. The number of carboxylic acid groups (broad SMARTS) is 1. The fraction of sp³-hybridized carbons (Fsp3) is 0.353. The minimum absolute atomic E-state index is 0.0775. The van der Waals surface area contributed by atoms with E-state index >= 15 is 0 Å². The molecular formula is C17H20O3S. The number of ether oxygens (including phenoxy) is 1. The lowest BCUT2D eigenvalue weighted by Gasteiger charge is -2.19. The first-order chi connectivity index (χ1) is 9.77. The Kier molecular flexibility index (Phi) is 4.37. The smallest absolute Gasteiger partial charge is 0.345 e. The summed E-state index contributed by atoms with van der Waals surface area (Å²) in [6.45, 7) is 8.79. The number of hydrogen-bond acceptors (Lipinski definition) is 3. The Labute approximate surface area is 129 Å². The monoisotopic (exact) mass is 304 g/mol. The van der Waals surface area contributed by atoms with Gasteiger partial charge in [0.05, 0.1) is 0 Å². The molecule has 0 fully saturated rings. The van der Waals surface area contributed by atoms with Crippen LogP contribution in [0.15, 0.2) is 30.3 Å². The number of rotatable bonds is 4. The molecule has 0 unspecified atom stereocenters. The van der Waals surface area contributed by atoms with Gasteiger partial charge in [-0.15, -0.1) is 11.3 Å². The molecule has 2 rings (SSSR count). The molecule has 1 aromatic heterocycles. The van der Waals surface area contributed by atoms with E-state index in [1.54, 1.807) is 6.07 Å². The van der Waals surface area contributed by atoms with E-state index in [4.69, 9.17) is 9.84 Å². The Hall–Kier alpha value is -1.81. The van der Waals surface area contributed by atoms with E-state index in [0.717, 1.165) is 16.2 Å². The van der Waals surface area contributed by atoms with Crippen LogP contribution in [0.25, 0.3) is 0 Å². The number of carbonyl (C=O) groups is 1. The van der Waals surface area contributed by atoms with E-state index in [1.165, 1.54) is 16.9 Å². The normalized spacial score (nSPS) is 11.4. The van der Waals surface area contributed by atoms with Gasteiger partial charge in [-0.05, 0) is 36.1 Å². The maximum Gasteiger partial charge on any atom is 0.345 e. The van der Waals surface area contributed by atoms with E-state index in [2.05, 4.69) is 26.8 Å². The van der Waals surface area contributed by atoms with Gasteiger partial charge in [0.15, 0.2) is 0 Å². The lowest BCUT2D eigenvalue weighted by atomic mass is 9.87.